The molecule has 0 aliphatic carbocycles. The van der Waals surface area contributed by atoms with Crippen LogP contribution in [0.2, 0.25) is 0 Å². The number of hydrogen-bond donors (Lipinski definition) is 0. The smallest absolute Gasteiger partial charge is 0.305 e. The predicted molar refractivity (Wildman–Crippen MR) is 57.8 cm³/mol. The summed E-state index contributed by atoms with van der Waals surface area (Å²) in [5, 5.41) is 0. The van der Waals surface area contributed by atoms with Crippen molar-refractivity contribution in [3.8, 4) is 12.3 Å². The molecule has 0 aliphatic heterocycles. The van der Waals surface area contributed by atoms with E-state index in [9.17, 15) is 4.79 Å². The molecule has 0 spiro atoms. The molecular formula is C12H20O2. The van der Waals surface area contributed by atoms with Crippen molar-refractivity contribution >= 4 is 5.97 Å². The second kappa shape index (κ2) is 10.1. The summed E-state index contributed by atoms with van der Waals surface area (Å²) in [7, 11) is 0. The summed E-state index contributed by atoms with van der Waals surface area (Å²) in [5.74, 6) is 2.54. The summed E-state index contributed by atoms with van der Waals surface area (Å²) in [6, 6.07) is 0. The van der Waals surface area contributed by atoms with Crippen LogP contribution in [-0.4, -0.2) is 12.6 Å². The standard InChI is InChI=1S/C12H20O2/c1-3-5-6-7-8-9-11-14-12(13)10-4-2/h1H,4-11H2,2H3. The van der Waals surface area contributed by atoms with Crippen LogP contribution >= 0.6 is 0 Å². The highest BCUT2D eigenvalue weighted by Crippen LogP contribution is 2.03. The maximum atomic E-state index is 10.9. The maximum absolute atomic E-state index is 10.9. The zero-order valence-electron chi connectivity index (χ0n) is 9.05. The fourth-order valence-electron chi connectivity index (χ4n) is 1.14. The third-order valence-electron chi connectivity index (χ3n) is 1.93. The summed E-state index contributed by atoms with van der Waals surface area (Å²) >= 11 is 0. The van der Waals surface area contributed by atoms with Crippen molar-refractivity contribution in [2.75, 3.05) is 6.61 Å². The average Bonchev–Trinajstić information content (AvgIpc) is 2.17. The third kappa shape index (κ3) is 9.12. The molecule has 2 nitrogen and oxygen atoms in total. The number of hydrogen-bond acceptors (Lipinski definition) is 2. The first-order chi connectivity index (χ1) is 6.81. The lowest BCUT2D eigenvalue weighted by Crippen LogP contribution is -2.04. The molecule has 0 radical (unpaired) electrons. The topological polar surface area (TPSA) is 26.3 Å². The number of unbranched alkanes of at least 4 members (excludes halogenated alkanes) is 4. The van der Waals surface area contributed by atoms with Crippen LogP contribution in [-0.2, 0) is 9.53 Å². The van der Waals surface area contributed by atoms with Gasteiger partial charge in [-0.15, -0.1) is 12.3 Å². The number of rotatable bonds is 8. The highest BCUT2D eigenvalue weighted by atomic mass is 16.5. The Hall–Kier alpha value is -0.970. The van der Waals surface area contributed by atoms with Crippen LogP contribution < -0.4 is 0 Å². The largest absolute Gasteiger partial charge is 0.466 e. The zero-order chi connectivity index (χ0) is 10.6. The monoisotopic (exact) mass is 196 g/mol. The van der Waals surface area contributed by atoms with Crippen molar-refractivity contribution in [2.24, 2.45) is 0 Å². The van der Waals surface area contributed by atoms with Crippen LogP contribution in [0, 0.1) is 12.3 Å². The van der Waals surface area contributed by atoms with E-state index in [0.29, 0.717) is 13.0 Å². The van der Waals surface area contributed by atoms with E-state index in [1.807, 2.05) is 6.92 Å². The highest BCUT2D eigenvalue weighted by molar-refractivity contribution is 5.69. The molecule has 80 valence electrons. The van der Waals surface area contributed by atoms with E-state index in [2.05, 4.69) is 5.92 Å². The lowest BCUT2D eigenvalue weighted by molar-refractivity contribution is -0.143. The van der Waals surface area contributed by atoms with Crippen molar-refractivity contribution in [3.05, 3.63) is 0 Å². The fourth-order valence-corrected chi connectivity index (χ4v) is 1.14. The Morgan fingerprint density at radius 3 is 2.64 bits per heavy atom. The molecule has 0 N–H and O–H groups in total. The van der Waals surface area contributed by atoms with Crippen molar-refractivity contribution in [1.82, 2.24) is 0 Å². The Morgan fingerprint density at radius 2 is 2.00 bits per heavy atom. The molecule has 0 aromatic heterocycles. The Morgan fingerprint density at radius 1 is 1.29 bits per heavy atom. The lowest BCUT2D eigenvalue weighted by atomic mass is 10.1. The normalized spacial score (nSPS) is 9.43. The molecule has 0 saturated heterocycles. The summed E-state index contributed by atoms with van der Waals surface area (Å²) in [5.41, 5.74) is 0. The predicted octanol–water partition coefficient (Wildman–Crippen LogP) is 2.91. The molecule has 0 aromatic rings. The molecule has 0 heterocycles. The second-order valence-electron chi connectivity index (χ2n) is 3.34. The number of carbonyl (C=O) groups excluding carboxylic acids is 1. The van der Waals surface area contributed by atoms with Gasteiger partial charge in [0.05, 0.1) is 6.61 Å². The third-order valence-corrected chi connectivity index (χ3v) is 1.93. The van der Waals surface area contributed by atoms with Crippen LogP contribution in [0.5, 0.6) is 0 Å². The SMILES string of the molecule is C#CCCCCCCOC(=O)CCC. The summed E-state index contributed by atoms with van der Waals surface area (Å²) in [4.78, 5) is 10.9. The van der Waals surface area contributed by atoms with Gasteiger partial charge in [0.1, 0.15) is 0 Å². The van der Waals surface area contributed by atoms with E-state index in [1.54, 1.807) is 0 Å². The molecule has 0 rings (SSSR count). The van der Waals surface area contributed by atoms with Crippen LogP contribution in [0.25, 0.3) is 0 Å². The van der Waals surface area contributed by atoms with Gasteiger partial charge in [0, 0.05) is 12.8 Å². The van der Waals surface area contributed by atoms with E-state index in [-0.39, 0.29) is 5.97 Å². The maximum Gasteiger partial charge on any atom is 0.305 e. The number of carbonyl (C=O) groups is 1. The highest BCUT2D eigenvalue weighted by Gasteiger charge is 1.99. The number of terminal acetylenes is 1. The molecule has 0 atom stereocenters. The first-order valence-corrected chi connectivity index (χ1v) is 5.40. The van der Waals surface area contributed by atoms with Crippen molar-refractivity contribution in [1.29, 1.82) is 0 Å². The Kier molecular flexibility index (Phi) is 9.41. The quantitative estimate of drug-likeness (QED) is 0.339. The fraction of sp³-hybridized carbons (Fsp3) is 0.750. The van der Waals surface area contributed by atoms with Gasteiger partial charge in [0.25, 0.3) is 0 Å². The van der Waals surface area contributed by atoms with Crippen LogP contribution in [0.3, 0.4) is 0 Å². The molecule has 0 fully saturated rings. The van der Waals surface area contributed by atoms with Gasteiger partial charge in [-0.2, -0.15) is 0 Å². The van der Waals surface area contributed by atoms with Gasteiger partial charge >= 0.3 is 5.97 Å². The average molecular weight is 196 g/mol. The first-order valence-electron chi connectivity index (χ1n) is 5.40. The van der Waals surface area contributed by atoms with E-state index < -0.39 is 0 Å². The molecule has 0 unspecified atom stereocenters. The van der Waals surface area contributed by atoms with Crippen molar-refractivity contribution in [3.63, 3.8) is 0 Å². The van der Waals surface area contributed by atoms with Gasteiger partial charge in [-0.1, -0.05) is 19.8 Å². The van der Waals surface area contributed by atoms with Gasteiger partial charge in [-0.25, -0.2) is 0 Å². The molecule has 14 heavy (non-hydrogen) atoms. The lowest BCUT2D eigenvalue weighted by Gasteiger charge is -2.03. The van der Waals surface area contributed by atoms with Gasteiger partial charge in [-0.3, -0.25) is 4.79 Å². The van der Waals surface area contributed by atoms with Gasteiger partial charge in [0.2, 0.25) is 0 Å². The minimum absolute atomic E-state index is 0.0730. The molecule has 0 amide bonds. The van der Waals surface area contributed by atoms with Crippen LogP contribution in [0.15, 0.2) is 0 Å². The molecule has 0 aromatic carbocycles. The van der Waals surface area contributed by atoms with Gasteiger partial charge in [0.15, 0.2) is 0 Å². The van der Waals surface area contributed by atoms with E-state index >= 15 is 0 Å². The second-order valence-corrected chi connectivity index (χ2v) is 3.34. The van der Waals surface area contributed by atoms with Crippen molar-refractivity contribution in [2.45, 2.75) is 51.9 Å². The molecule has 0 bridgehead atoms. The number of esters is 1. The Labute approximate surface area is 87.0 Å². The van der Waals surface area contributed by atoms with Crippen LogP contribution in [0.4, 0.5) is 0 Å². The van der Waals surface area contributed by atoms with E-state index in [1.165, 1.54) is 0 Å². The Balaban J connectivity index is 3.06. The number of ether oxygens (including phenoxy) is 1. The Bertz CT molecular complexity index is 179. The molecule has 0 aliphatic rings. The summed E-state index contributed by atoms with van der Waals surface area (Å²) in [6.45, 7) is 2.54. The van der Waals surface area contributed by atoms with E-state index in [0.717, 1.165) is 38.5 Å². The molecule has 2 heteroatoms. The van der Waals surface area contributed by atoms with Gasteiger partial charge < -0.3 is 4.74 Å². The summed E-state index contributed by atoms with van der Waals surface area (Å²) < 4.78 is 5.01. The van der Waals surface area contributed by atoms with Crippen molar-refractivity contribution < 1.29 is 9.53 Å². The molecular weight excluding hydrogens is 176 g/mol. The zero-order valence-corrected chi connectivity index (χ0v) is 9.05. The van der Waals surface area contributed by atoms with E-state index in [4.69, 9.17) is 11.2 Å². The summed E-state index contributed by atoms with van der Waals surface area (Å²) in [6.07, 6.45) is 11.7. The molecule has 0 saturated carbocycles. The minimum Gasteiger partial charge on any atom is -0.466 e. The first kappa shape index (κ1) is 13.0. The minimum atomic E-state index is -0.0730. The van der Waals surface area contributed by atoms with Crippen LogP contribution in [0.1, 0.15) is 51.9 Å². The van der Waals surface area contributed by atoms with Gasteiger partial charge in [-0.05, 0) is 19.3 Å².